The topological polar surface area (TPSA) is 37.0 Å². The molecule has 0 unspecified atom stereocenters. The lowest BCUT2D eigenvalue weighted by atomic mass is 10.2. The maximum absolute atomic E-state index is 6.14. The van der Waals surface area contributed by atoms with E-state index in [1.165, 1.54) is 0 Å². The van der Waals surface area contributed by atoms with Crippen molar-refractivity contribution in [1.82, 2.24) is 4.98 Å². The number of pyridine rings is 1. The molecule has 1 aromatic heterocycles. The fraction of sp³-hybridized carbons (Fsp3) is 0.214. The average Bonchev–Trinajstić information content (AvgIpc) is 2.37. The summed E-state index contributed by atoms with van der Waals surface area (Å²) in [5.41, 5.74) is 3.87. The first-order chi connectivity index (χ1) is 9.10. The van der Waals surface area contributed by atoms with Crippen LogP contribution in [0.5, 0.6) is 0 Å². The molecule has 2 aromatic rings. The van der Waals surface area contributed by atoms with Gasteiger partial charge in [-0.15, -0.1) is 0 Å². The van der Waals surface area contributed by atoms with Gasteiger partial charge in [-0.05, 0) is 53.5 Å². The Morgan fingerprint density at radius 3 is 2.68 bits per heavy atom. The van der Waals surface area contributed by atoms with E-state index in [1.807, 2.05) is 25.1 Å². The first-order valence-corrected chi connectivity index (χ1v) is 7.19. The van der Waals surface area contributed by atoms with E-state index < -0.39 is 0 Å². The Bertz CT molecular complexity index is 587. The highest BCUT2D eigenvalue weighted by Crippen LogP contribution is 2.31. The molecule has 0 aliphatic rings. The molecule has 0 bridgehead atoms. The maximum Gasteiger partial charge on any atom is 0.0591 e. The zero-order valence-corrected chi connectivity index (χ0v) is 13.1. The van der Waals surface area contributed by atoms with E-state index in [4.69, 9.17) is 11.6 Å². The summed E-state index contributed by atoms with van der Waals surface area (Å²) in [7, 11) is 0. The van der Waals surface area contributed by atoms with Gasteiger partial charge in [0.2, 0.25) is 0 Å². The molecule has 19 heavy (non-hydrogen) atoms. The summed E-state index contributed by atoms with van der Waals surface area (Å²) < 4.78 is 0.975. The molecule has 100 valence electrons. The van der Waals surface area contributed by atoms with E-state index >= 15 is 0 Å². The van der Waals surface area contributed by atoms with Crippen LogP contribution in [0.2, 0.25) is 5.02 Å². The van der Waals surface area contributed by atoms with Crippen LogP contribution in [0.1, 0.15) is 12.5 Å². The van der Waals surface area contributed by atoms with Crippen molar-refractivity contribution < 1.29 is 0 Å². The summed E-state index contributed by atoms with van der Waals surface area (Å²) in [5, 5.41) is 7.27. The van der Waals surface area contributed by atoms with Crippen LogP contribution in [0.15, 0.2) is 35.1 Å². The molecule has 0 spiro atoms. The first kappa shape index (κ1) is 14.2. The standard InChI is InChI=1S/C14H15BrClN3/c1-3-18-10-5-11(8-17-7-10)19-14-6-13(16)9(2)4-12(14)15/h4-8,18-19H,3H2,1-2H3. The molecule has 1 heterocycles. The third kappa shape index (κ3) is 3.61. The Kier molecular flexibility index (Phi) is 4.66. The molecule has 0 aliphatic carbocycles. The summed E-state index contributed by atoms with van der Waals surface area (Å²) in [6, 6.07) is 5.91. The van der Waals surface area contributed by atoms with E-state index in [0.717, 1.165) is 38.7 Å². The summed E-state index contributed by atoms with van der Waals surface area (Å²) in [6.07, 6.45) is 3.58. The number of hydrogen-bond donors (Lipinski definition) is 2. The molecular formula is C14H15BrClN3. The monoisotopic (exact) mass is 339 g/mol. The van der Waals surface area contributed by atoms with Gasteiger partial charge in [0.05, 0.1) is 29.5 Å². The van der Waals surface area contributed by atoms with Crippen molar-refractivity contribution in [3.05, 3.63) is 45.7 Å². The minimum Gasteiger partial charge on any atom is -0.384 e. The van der Waals surface area contributed by atoms with E-state index in [1.54, 1.807) is 12.4 Å². The third-order valence-corrected chi connectivity index (χ3v) is 3.71. The van der Waals surface area contributed by atoms with Crippen molar-refractivity contribution in [2.24, 2.45) is 0 Å². The summed E-state index contributed by atoms with van der Waals surface area (Å²) in [5.74, 6) is 0. The van der Waals surface area contributed by atoms with Crippen LogP contribution in [0.25, 0.3) is 0 Å². The van der Waals surface area contributed by atoms with E-state index in [2.05, 4.69) is 38.5 Å². The maximum atomic E-state index is 6.14. The van der Waals surface area contributed by atoms with E-state index in [9.17, 15) is 0 Å². The van der Waals surface area contributed by atoms with Crippen LogP contribution in [0.4, 0.5) is 17.1 Å². The van der Waals surface area contributed by atoms with Gasteiger partial charge in [-0.1, -0.05) is 11.6 Å². The van der Waals surface area contributed by atoms with Crippen molar-refractivity contribution in [2.45, 2.75) is 13.8 Å². The molecule has 5 heteroatoms. The minimum atomic E-state index is 0.737. The van der Waals surface area contributed by atoms with Gasteiger partial charge in [-0.3, -0.25) is 4.98 Å². The summed E-state index contributed by atoms with van der Waals surface area (Å²) in [6.45, 7) is 4.89. The molecule has 0 saturated carbocycles. The summed E-state index contributed by atoms with van der Waals surface area (Å²) in [4.78, 5) is 4.20. The highest BCUT2D eigenvalue weighted by molar-refractivity contribution is 9.10. The largest absolute Gasteiger partial charge is 0.384 e. The number of aromatic nitrogens is 1. The molecule has 0 fully saturated rings. The smallest absolute Gasteiger partial charge is 0.0591 e. The van der Waals surface area contributed by atoms with Crippen molar-refractivity contribution in [2.75, 3.05) is 17.2 Å². The predicted molar refractivity (Wildman–Crippen MR) is 85.6 cm³/mol. The quantitative estimate of drug-likeness (QED) is 0.824. The fourth-order valence-electron chi connectivity index (χ4n) is 1.71. The zero-order chi connectivity index (χ0) is 13.8. The van der Waals surface area contributed by atoms with Crippen LogP contribution < -0.4 is 10.6 Å². The number of nitrogens with one attached hydrogen (secondary N) is 2. The lowest BCUT2D eigenvalue weighted by Crippen LogP contribution is -1.99. The van der Waals surface area contributed by atoms with E-state index in [0.29, 0.717) is 0 Å². The molecule has 1 aromatic carbocycles. The van der Waals surface area contributed by atoms with Crippen molar-refractivity contribution in [3.63, 3.8) is 0 Å². The Balaban J connectivity index is 2.25. The molecule has 3 nitrogen and oxygen atoms in total. The Hall–Kier alpha value is -1.26. The van der Waals surface area contributed by atoms with Gasteiger partial charge in [0.15, 0.2) is 0 Å². The van der Waals surface area contributed by atoms with Crippen LogP contribution in [0.3, 0.4) is 0 Å². The molecule has 0 amide bonds. The number of hydrogen-bond acceptors (Lipinski definition) is 3. The second kappa shape index (κ2) is 6.26. The van der Waals surface area contributed by atoms with Gasteiger partial charge in [-0.2, -0.15) is 0 Å². The second-order valence-corrected chi connectivity index (χ2v) is 5.46. The number of anilines is 3. The Morgan fingerprint density at radius 2 is 1.95 bits per heavy atom. The van der Waals surface area contributed by atoms with Gasteiger partial charge in [0.1, 0.15) is 0 Å². The molecule has 2 N–H and O–H groups in total. The van der Waals surface area contributed by atoms with Crippen LogP contribution in [-0.2, 0) is 0 Å². The van der Waals surface area contributed by atoms with Gasteiger partial charge in [0, 0.05) is 16.0 Å². The highest BCUT2D eigenvalue weighted by Gasteiger charge is 2.05. The van der Waals surface area contributed by atoms with Crippen molar-refractivity contribution >= 4 is 44.6 Å². The molecule has 0 saturated heterocycles. The second-order valence-electron chi connectivity index (χ2n) is 4.20. The molecule has 0 atom stereocenters. The average molecular weight is 341 g/mol. The minimum absolute atomic E-state index is 0.737. The fourth-order valence-corrected chi connectivity index (χ4v) is 2.43. The van der Waals surface area contributed by atoms with Gasteiger partial charge < -0.3 is 10.6 Å². The van der Waals surface area contributed by atoms with Gasteiger partial charge >= 0.3 is 0 Å². The number of benzene rings is 1. The van der Waals surface area contributed by atoms with Crippen LogP contribution >= 0.6 is 27.5 Å². The number of halogens is 2. The van der Waals surface area contributed by atoms with Crippen LogP contribution in [0, 0.1) is 6.92 Å². The number of aryl methyl sites for hydroxylation is 1. The number of nitrogens with zero attached hydrogens (tertiary/aromatic N) is 1. The third-order valence-electron chi connectivity index (χ3n) is 2.65. The molecule has 0 radical (unpaired) electrons. The molecular weight excluding hydrogens is 326 g/mol. The van der Waals surface area contributed by atoms with Crippen molar-refractivity contribution in [1.29, 1.82) is 0 Å². The predicted octanol–water partition coefficient (Wildman–Crippen LogP) is 4.98. The highest BCUT2D eigenvalue weighted by atomic mass is 79.9. The Labute approximate surface area is 126 Å². The van der Waals surface area contributed by atoms with Crippen molar-refractivity contribution in [3.8, 4) is 0 Å². The zero-order valence-electron chi connectivity index (χ0n) is 10.8. The lowest BCUT2D eigenvalue weighted by molar-refractivity contribution is 1.19. The molecule has 2 rings (SSSR count). The normalized spacial score (nSPS) is 10.3. The lowest BCUT2D eigenvalue weighted by Gasteiger charge is -2.11. The first-order valence-electron chi connectivity index (χ1n) is 6.01. The Morgan fingerprint density at radius 1 is 1.21 bits per heavy atom. The van der Waals surface area contributed by atoms with E-state index in [-0.39, 0.29) is 0 Å². The van der Waals surface area contributed by atoms with Gasteiger partial charge in [0.25, 0.3) is 0 Å². The molecule has 0 aliphatic heterocycles. The number of rotatable bonds is 4. The summed E-state index contributed by atoms with van der Waals surface area (Å²) >= 11 is 9.68. The van der Waals surface area contributed by atoms with Crippen LogP contribution in [-0.4, -0.2) is 11.5 Å². The van der Waals surface area contributed by atoms with Gasteiger partial charge in [-0.25, -0.2) is 0 Å². The SMILES string of the molecule is CCNc1cncc(Nc2cc(Cl)c(C)cc2Br)c1.